The number of hydrogen-bond acceptors (Lipinski definition) is 4. The fourth-order valence-electron chi connectivity index (χ4n) is 1.64. The minimum Gasteiger partial charge on any atom is -0.363 e. The molecule has 0 aliphatic carbocycles. The molecule has 0 aromatic carbocycles. The van der Waals surface area contributed by atoms with Crippen LogP contribution in [0.5, 0.6) is 0 Å². The maximum Gasteiger partial charge on any atom is 0.113 e. The van der Waals surface area contributed by atoms with Crippen molar-refractivity contribution in [1.29, 1.82) is 0 Å². The van der Waals surface area contributed by atoms with E-state index in [1.165, 1.54) is 12.8 Å². The van der Waals surface area contributed by atoms with Crippen LogP contribution in [0, 0.1) is 5.92 Å². The molecule has 2 aliphatic heterocycles. The van der Waals surface area contributed by atoms with E-state index in [1.807, 2.05) is 0 Å². The molecule has 0 saturated carbocycles. The minimum atomic E-state index is 0.0781. The third kappa shape index (κ3) is 1.69. The van der Waals surface area contributed by atoms with Gasteiger partial charge in [0.25, 0.3) is 0 Å². The molecular weight excluding hydrogens is 160 g/mol. The molecule has 64 valence electrons. The highest BCUT2D eigenvalue weighted by atomic mass is 32.2. The van der Waals surface area contributed by atoms with Gasteiger partial charge in [-0.1, -0.05) is 0 Å². The summed E-state index contributed by atoms with van der Waals surface area (Å²) in [5, 5.41) is 3.24. The van der Waals surface area contributed by atoms with Crippen LogP contribution in [0.15, 0.2) is 0 Å². The molecule has 0 bridgehead atoms. The maximum absolute atomic E-state index is 5.71. The van der Waals surface area contributed by atoms with Gasteiger partial charge in [-0.3, -0.25) is 5.32 Å². The SMILES string of the molecule is NC1NC2OCCCC2CS1. The van der Waals surface area contributed by atoms with E-state index in [2.05, 4.69) is 5.32 Å². The monoisotopic (exact) mass is 174 g/mol. The van der Waals surface area contributed by atoms with Gasteiger partial charge in [0, 0.05) is 18.3 Å². The van der Waals surface area contributed by atoms with Crippen molar-refractivity contribution in [2.75, 3.05) is 12.4 Å². The molecule has 3 unspecified atom stereocenters. The van der Waals surface area contributed by atoms with Gasteiger partial charge in [-0.2, -0.15) is 0 Å². The van der Waals surface area contributed by atoms with E-state index in [1.54, 1.807) is 11.8 Å². The van der Waals surface area contributed by atoms with E-state index >= 15 is 0 Å². The Morgan fingerprint density at radius 3 is 3.36 bits per heavy atom. The fraction of sp³-hybridized carbons (Fsp3) is 1.00. The standard InChI is InChI=1S/C7H14N2OS/c8-7-9-6-5(4-11-7)2-1-3-10-6/h5-7,9H,1-4,8H2. The maximum atomic E-state index is 5.71. The Balaban J connectivity index is 1.93. The average Bonchev–Trinajstić information content (AvgIpc) is 2.04. The van der Waals surface area contributed by atoms with Crippen molar-refractivity contribution in [3.05, 3.63) is 0 Å². The largest absolute Gasteiger partial charge is 0.363 e. The third-order valence-electron chi connectivity index (χ3n) is 2.26. The Hall–Kier alpha value is 0.230. The Kier molecular flexibility index (Phi) is 2.36. The molecule has 3 N–H and O–H groups in total. The smallest absolute Gasteiger partial charge is 0.113 e. The number of hydrogen-bond donors (Lipinski definition) is 2. The van der Waals surface area contributed by atoms with E-state index in [0.717, 1.165) is 12.4 Å². The molecule has 0 aromatic heterocycles. The van der Waals surface area contributed by atoms with Gasteiger partial charge in [0.2, 0.25) is 0 Å². The van der Waals surface area contributed by atoms with Crippen molar-refractivity contribution in [2.45, 2.75) is 24.6 Å². The van der Waals surface area contributed by atoms with Crippen LogP contribution in [-0.4, -0.2) is 24.1 Å². The highest BCUT2D eigenvalue weighted by Crippen LogP contribution is 2.28. The zero-order valence-electron chi connectivity index (χ0n) is 6.45. The third-order valence-corrected chi connectivity index (χ3v) is 3.38. The van der Waals surface area contributed by atoms with Crippen LogP contribution in [0.2, 0.25) is 0 Å². The lowest BCUT2D eigenvalue weighted by atomic mass is 10.0. The lowest BCUT2D eigenvalue weighted by Crippen LogP contribution is -2.53. The normalized spacial score (nSPS) is 45.0. The number of ether oxygens (including phenoxy) is 1. The van der Waals surface area contributed by atoms with Gasteiger partial charge < -0.3 is 10.5 Å². The molecule has 0 amide bonds. The summed E-state index contributed by atoms with van der Waals surface area (Å²) < 4.78 is 5.55. The molecular formula is C7H14N2OS. The van der Waals surface area contributed by atoms with Crippen LogP contribution in [-0.2, 0) is 4.74 Å². The van der Waals surface area contributed by atoms with Crippen molar-refractivity contribution >= 4 is 11.8 Å². The number of fused-ring (bicyclic) bond motifs is 1. The van der Waals surface area contributed by atoms with Crippen LogP contribution in [0.25, 0.3) is 0 Å². The van der Waals surface area contributed by atoms with Crippen LogP contribution >= 0.6 is 11.8 Å². The minimum absolute atomic E-state index is 0.0781. The van der Waals surface area contributed by atoms with E-state index in [0.29, 0.717) is 5.92 Å². The van der Waals surface area contributed by atoms with Gasteiger partial charge in [-0.05, 0) is 12.8 Å². The molecule has 2 rings (SSSR count). The summed E-state index contributed by atoms with van der Waals surface area (Å²) >= 11 is 1.79. The second kappa shape index (κ2) is 3.31. The number of rotatable bonds is 0. The van der Waals surface area contributed by atoms with Crippen LogP contribution in [0.3, 0.4) is 0 Å². The number of nitrogens with two attached hydrogens (primary N) is 1. The topological polar surface area (TPSA) is 47.3 Å². The highest BCUT2D eigenvalue weighted by Gasteiger charge is 2.31. The predicted molar refractivity (Wildman–Crippen MR) is 46.0 cm³/mol. The Morgan fingerprint density at radius 2 is 2.45 bits per heavy atom. The van der Waals surface area contributed by atoms with Gasteiger partial charge >= 0.3 is 0 Å². The molecule has 3 nitrogen and oxygen atoms in total. The molecule has 2 fully saturated rings. The summed E-state index contributed by atoms with van der Waals surface area (Å²) in [7, 11) is 0. The molecule has 2 heterocycles. The molecule has 4 heteroatoms. The summed E-state index contributed by atoms with van der Waals surface area (Å²) in [5.41, 5.74) is 5.79. The quantitative estimate of drug-likeness (QED) is 0.555. The lowest BCUT2D eigenvalue weighted by Gasteiger charge is -2.38. The zero-order chi connectivity index (χ0) is 7.68. The summed E-state index contributed by atoms with van der Waals surface area (Å²) in [4.78, 5) is 0. The van der Waals surface area contributed by atoms with Crippen LogP contribution < -0.4 is 11.1 Å². The zero-order valence-corrected chi connectivity index (χ0v) is 7.27. The number of thioether (sulfide) groups is 1. The first-order valence-corrected chi connectivity index (χ1v) is 5.16. The van der Waals surface area contributed by atoms with Crippen molar-refractivity contribution in [3.8, 4) is 0 Å². The Bertz CT molecular complexity index is 144. The van der Waals surface area contributed by atoms with Gasteiger partial charge in [-0.15, -0.1) is 11.8 Å². The number of nitrogens with one attached hydrogen (secondary N) is 1. The first-order chi connectivity index (χ1) is 5.36. The van der Waals surface area contributed by atoms with Crippen molar-refractivity contribution in [1.82, 2.24) is 5.32 Å². The van der Waals surface area contributed by atoms with E-state index < -0.39 is 0 Å². The molecule has 11 heavy (non-hydrogen) atoms. The summed E-state index contributed by atoms with van der Waals surface area (Å²) in [6.45, 7) is 0.894. The van der Waals surface area contributed by atoms with Crippen molar-refractivity contribution < 1.29 is 4.74 Å². The molecule has 2 saturated heterocycles. The van der Waals surface area contributed by atoms with Crippen LogP contribution in [0.4, 0.5) is 0 Å². The van der Waals surface area contributed by atoms with E-state index in [-0.39, 0.29) is 11.7 Å². The molecule has 2 aliphatic rings. The first-order valence-electron chi connectivity index (χ1n) is 4.11. The summed E-state index contributed by atoms with van der Waals surface area (Å²) in [5.74, 6) is 1.84. The fourth-order valence-corrected chi connectivity index (χ4v) is 2.66. The molecule has 3 atom stereocenters. The summed E-state index contributed by atoms with van der Waals surface area (Å²) in [6, 6.07) is 0. The highest BCUT2D eigenvalue weighted by molar-refractivity contribution is 7.99. The summed E-state index contributed by atoms with van der Waals surface area (Å²) in [6.07, 6.45) is 2.73. The Morgan fingerprint density at radius 1 is 1.55 bits per heavy atom. The van der Waals surface area contributed by atoms with Gasteiger partial charge in [0.1, 0.15) is 11.7 Å². The molecule has 0 aromatic rings. The van der Waals surface area contributed by atoms with Crippen LogP contribution in [0.1, 0.15) is 12.8 Å². The second-order valence-corrected chi connectivity index (χ2v) is 4.29. The second-order valence-electron chi connectivity index (χ2n) is 3.11. The Labute approximate surface area is 71.0 Å². The van der Waals surface area contributed by atoms with Crippen molar-refractivity contribution in [2.24, 2.45) is 11.7 Å². The van der Waals surface area contributed by atoms with Gasteiger partial charge in [-0.25, -0.2) is 0 Å². The first kappa shape index (κ1) is 7.86. The van der Waals surface area contributed by atoms with Gasteiger partial charge in [0.15, 0.2) is 0 Å². The lowest BCUT2D eigenvalue weighted by molar-refractivity contribution is -0.0436. The van der Waals surface area contributed by atoms with Gasteiger partial charge in [0.05, 0.1) is 0 Å². The average molecular weight is 174 g/mol. The van der Waals surface area contributed by atoms with E-state index in [4.69, 9.17) is 10.5 Å². The predicted octanol–water partition coefficient (Wildman–Crippen LogP) is 0.318. The molecule has 0 spiro atoms. The van der Waals surface area contributed by atoms with Crippen molar-refractivity contribution in [3.63, 3.8) is 0 Å². The molecule has 0 radical (unpaired) electrons. The van der Waals surface area contributed by atoms with E-state index in [9.17, 15) is 0 Å².